The smallest absolute Gasteiger partial charge is 0.256 e. The normalized spacial score (nSPS) is 21.9. The van der Waals surface area contributed by atoms with Crippen molar-refractivity contribution in [3.63, 3.8) is 0 Å². The molecule has 0 radical (unpaired) electrons. The third-order valence-electron chi connectivity index (χ3n) is 6.96. The maximum Gasteiger partial charge on any atom is 0.256 e. The lowest BCUT2D eigenvalue weighted by molar-refractivity contribution is -0.133. The summed E-state index contributed by atoms with van der Waals surface area (Å²) in [6.45, 7) is 3.08. The van der Waals surface area contributed by atoms with Crippen LogP contribution in [0.4, 0.5) is 4.39 Å². The van der Waals surface area contributed by atoms with Crippen LogP contribution in [0.1, 0.15) is 46.7 Å². The lowest BCUT2D eigenvalue weighted by Crippen LogP contribution is -2.46. The summed E-state index contributed by atoms with van der Waals surface area (Å²) in [6, 6.07) is 5.49. The van der Waals surface area contributed by atoms with Gasteiger partial charge in [0, 0.05) is 24.4 Å². The van der Waals surface area contributed by atoms with Gasteiger partial charge >= 0.3 is 0 Å². The van der Waals surface area contributed by atoms with Crippen molar-refractivity contribution in [1.29, 1.82) is 0 Å². The second-order valence-corrected chi connectivity index (χ2v) is 8.99. The molecule has 8 nitrogen and oxygen atoms in total. The predicted molar refractivity (Wildman–Crippen MR) is 117 cm³/mol. The second kappa shape index (κ2) is 9.15. The fourth-order valence-corrected chi connectivity index (χ4v) is 5.09. The van der Waals surface area contributed by atoms with Crippen molar-refractivity contribution < 1.29 is 18.7 Å². The van der Waals surface area contributed by atoms with Crippen LogP contribution in [0.25, 0.3) is 0 Å². The number of amides is 1. The Labute approximate surface area is 190 Å². The number of nitrogens with one attached hydrogen (secondary N) is 1. The molecule has 2 saturated heterocycles. The van der Waals surface area contributed by atoms with E-state index in [0.29, 0.717) is 62.5 Å². The molecule has 1 atom stereocenters. The molecule has 0 bridgehead atoms. The van der Waals surface area contributed by atoms with Crippen molar-refractivity contribution in [3.05, 3.63) is 63.1 Å². The Morgan fingerprint density at radius 1 is 1.12 bits per heavy atom. The molecular weight excluding hydrogens is 427 g/mol. The summed E-state index contributed by atoms with van der Waals surface area (Å²) < 4.78 is 18.5. The highest BCUT2D eigenvalue weighted by Crippen LogP contribution is 2.27. The average Bonchev–Trinajstić information content (AvgIpc) is 3.19. The topological polar surface area (TPSA) is 95.6 Å². The fraction of sp³-hybridized carbons (Fsp3) is 0.500. The van der Waals surface area contributed by atoms with E-state index in [1.807, 2.05) is 0 Å². The Hall–Kier alpha value is -2.91. The third-order valence-corrected chi connectivity index (χ3v) is 6.96. The van der Waals surface area contributed by atoms with Gasteiger partial charge in [-0.3, -0.25) is 19.3 Å². The van der Waals surface area contributed by atoms with Crippen LogP contribution >= 0.6 is 0 Å². The predicted octanol–water partition coefficient (Wildman–Crippen LogP) is 1.68. The van der Waals surface area contributed by atoms with E-state index < -0.39 is 0 Å². The summed E-state index contributed by atoms with van der Waals surface area (Å²) in [4.78, 5) is 49.4. The number of halogens is 1. The van der Waals surface area contributed by atoms with Gasteiger partial charge in [0.15, 0.2) is 5.78 Å². The number of hydrogen-bond acceptors (Lipinski definition) is 6. The van der Waals surface area contributed by atoms with E-state index >= 15 is 0 Å². The monoisotopic (exact) mass is 454 g/mol. The van der Waals surface area contributed by atoms with E-state index in [1.165, 1.54) is 24.3 Å². The molecule has 2 aromatic rings. The van der Waals surface area contributed by atoms with E-state index in [9.17, 15) is 18.8 Å². The number of likely N-dealkylation sites (tertiary alicyclic amines) is 2. The number of carbonyl (C=O) groups is 2. The Morgan fingerprint density at radius 3 is 2.64 bits per heavy atom. The number of nitrogens with zero attached hydrogens (tertiary/aromatic N) is 3. The summed E-state index contributed by atoms with van der Waals surface area (Å²) >= 11 is 0. The molecule has 4 heterocycles. The van der Waals surface area contributed by atoms with Gasteiger partial charge in [0.25, 0.3) is 5.56 Å². The molecule has 1 amide bonds. The third kappa shape index (κ3) is 4.47. The first-order valence-electron chi connectivity index (χ1n) is 11.5. The number of Topliss-reactive ketones (excluding diaryl/α,β-unsaturated/α-hetero) is 1. The van der Waals surface area contributed by atoms with Crippen molar-refractivity contribution in [3.8, 4) is 0 Å². The molecule has 33 heavy (non-hydrogen) atoms. The van der Waals surface area contributed by atoms with Crippen LogP contribution in [0.15, 0.2) is 29.1 Å². The molecule has 1 aromatic heterocycles. The number of H-pyrrole nitrogens is 1. The molecule has 1 aromatic carbocycles. The number of rotatable bonds is 5. The van der Waals surface area contributed by atoms with Crippen molar-refractivity contribution >= 4 is 11.7 Å². The van der Waals surface area contributed by atoms with Crippen molar-refractivity contribution in [2.45, 2.75) is 44.9 Å². The summed E-state index contributed by atoms with van der Waals surface area (Å²) in [7, 11) is 0. The molecule has 9 heteroatoms. The SMILES string of the molecule is O=C(c1ccc(F)cc1)C1CCN([C@@H]2CCN(Cc3nc4c(c(=O)[nH]3)COCC4)C2=O)CC1. The Kier molecular flexibility index (Phi) is 6.07. The number of aromatic nitrogens is 2. The summed E-state index contributed by atoms with van der Waals surface area (Å²) in [5.41, 5.74) is 1.69. The lowest BCUT2D eigenvalue weighted by atomic mass is 9.88. The highest BCUT2D eigenvalue weighted by atomic mass is 19.1. The van der Waals surface area contributed by atoms with Gasteiger partial charge in [-0.15, -0.1) is 0 Å². The van der Waals surface area contributed by atoms with Crippen LogP contribution in [0, 0.1) is 11.7 Å². The average molecular weight is 455 g/mol. The molecule has 3 aliphatic rings. The second-order valence-electron chi connectivity index (χ2n) is 8.99. The summed E-state index contributed by atoms with van der Waals surface area (Å²) in [5, 5.41) is 0. The molecule has 2 fully saturated rings. The minimum absolute atomic E-state index is 0.0434. The standard InChI is InChI=1S/C24H27FN4O4/c25-17-3-1-15(2-4-17)22(30)16-5-9-28(10-6-16)20-7-11-29(24(20)32)13-21-26-19-8-12-33-14-18(19)23(31)27-21/h1-4,16,20H,5-14H2,(H,26,27,31)/t20-/m1/s1. The molecule has 0 spiro atoms. The molecule has 3 aliphatic heterocycles. The van der Waals surface area contributed by atoms with Gasteiger partial charge in [-0.1, -0.05) is 0 Å². The van der Waals surface area contributed by atoms with Gasteiger partial charge in [0.1, 0.15) is 11.6 Å². The van der Waals surface area contributed by atoms with Crippen LogP contribution in [0.2, 0.25) is 0 Å². The minimum Gasteiger partial charge on any atom is -0.376 e. The zero-order valence-corrected chi connectivity index (χ0v) is 18.4. The van der Waals surface area contributed by atoms with Crippen LogP contribution in [0.3, 0.4) is 0 Å². The van der Waals surface area contributed by atoms with E-state index in [4.69, 9.17) is 4.74 Å². The molecule has 0 saturated carbocycles. The highest BCUT2D eigenvalue weighted by molar-refractivity contribution is 5.97. The number of fused-ring (bicyclic) bond motifs is 1. The molecule has 174 valence electrons. The number of benzene rings is 1. The first-order valence-corrected chi connectivity index (χ1v) is 11.5. The van der Waals surface area contributed by atoms with Crippen LogP contribution < -0.4 is 5.56 Å². The highest BCUT2D eigenvalue weighted by Gasteiger charge is 2.38. The molecule has 1 N–H and O–H groups in total. The number of aromatic amines is 1. The van der Waals surface area contributed by atoms with Gasteiger partial charge in [0.05, 0.1) is 37.1 Å². The number of ether oxygens (including phenoxy) is 1. The Bertz CT molecular complexity index is 1110. The maximum atomic E-state index is 13.1. The van der Waals surface area contributed by atoms with E-state index in [0.717, 1.165) is 12.1 Å². The fourth-order valence-electron chi connectivity index (χ4n) is 5.09. The molecular formula is C24H27FN4O4. The Morgan fingerprint density at radius 2 is 1.88 bits per heavy atom. The van der Waals surface area contributed by atoms with Gasteiger partial charge in [-0.05, 0) is 56.6 Å². The quantitative estimate of drug-likeness (QED) is 0.691. The lowest BCUT2D eigenvalue weighted by Gasteiger charge is -2.34. The van der Waals surface area contributed by atoms with Gasteiger partial charge in [0.2, 0.25) is 5.91 Å². The van der Waals surface area contributed by atoms with Crippen LogP contribution in [-0.4, -0.2) is 63.7 Å². The van der Waals surface area contributed by atoms with E-state index in [2.05, 4.69) is 14.9 Å². The van der Waals surface area contributed by atoms with Gasteiger partial charge in [-0.25, -0.2) is 9.37 Å². The zero-order valence-electron chi connectivity index (χ0n) is 18.4. The van der Waals surface area contributed by atoms with E-state index in [1.54, 1.807) is 4.90 Å². The molecule has 0 unspecified atom stereocenters. The van der Waals surface area contributed by atoms with Crippen LogP contribution in [-0.2, 0) is 29.1 Å². The van der Waals surface area contributed by atoms with Gasteiger partial charge in [-0.2, -0.15) is 0 Å². The number of hydrogen-bond donors (Lipinski definition) is 1. The first kappa shape index (κ1) is 21.9. The Balaban J connectivity index is 1.18. The first-order chi connectivity index (χ1) is 16.0. The summed E-state index contributed by atoms with van der Waals surface area (Å²) in [6.07, 6.45) is 2.69. The van der Waals surface area contributed by atoms with Crippen molar-refractivity contribution in [2.75, 3.05) is 26.2 Å². The number of ketones is 1. The molecule has 5 rings (SSSR count). The number of piperidine rings is 1. The maximum absolute atomic E-state index is 13.1. The largest absolute Gasteiger partial charge is 0.376 e. The van der Waals surface area contributed by atoms with Gasteiger partial charge < -0.3 is 14.6 Å². The molecule has 0 aliphatic carbocycles. The van der Waals surface area contributed by atoms with Crippen LogP contribution in [0.5, 0.6) is 0 Å². The minimum atomic E-state index is -0.352. The number of carbonyl (C=O) groups excluding carboxylic acids is 2. The zero-order chi connectivity index (χ0) is 22.9. The van der Waals surface area contributed by atoms with Crippen molar-refractivity contribution in [2.24, 2.45) is 5.92 Å². The summed E-state index contributed by atoms with van der Waals surface area (Å²) in [5.74, 6) is 0.143. The van der Waals surface area contributed by atoms with E-state index in [-0.39, 0.29) is 48.2 Å². The van der Waals surface area contributed by atoms with Crippen molar-refractivity contribution in [1.82, 2.24) is 19.8 Å².